The number of nitrogens with zero attached hydrogens (tertiary/aromatic N) is 1. The summed E-state index contributed by atoms with van der Waals surface area (Å²) in [5, 5.41) is 22.5. The zero-order chi connectivity index (χ0) is 14.4. The lowest BCUT2D eigenvalue weighted by atomic mass is 9.94. The maximum atomic E-state index is 13.3. The molecule has 4 heteroatoms. The highest BCUT2D eigenvalue weighted by atomic mass is 19.1. The van der Waals surface area contributed by atoms with E-state index in [1.54, 1.807) is 6.07 Å². The molecule has 0 radical (unpaired) electrons. The Morgan fingerprint density at radius 3 is 2.55 bits per heavy atom. The average molecular weight is 276 g/mol. The maximum absolute atomic E-state index is 13.3. The number of nitriles is 1. The van der Waals surface area contributed by atoms with E-state index in [1.807, 2.05) is 6.07 Å². The van der Waals surface area contributed by atoms with Crippen molar-refractivity contribution in [3.8, 4) is 6.07 Å². The van der Waals surface area contributed by atoms with Crippen molar-refractivity contribution in [2.45, 2.75) is 50.7 Å². The van der Waals surface area contributed by atoms with Crippen molar-refractivity contribution >= 4 is 0 Å². The molecule has 0 amide bonds. The number of hydrogen-bond acceptors (Lipinski definition) is 3. The molecule has 108 valence electrons. The van der Waals surface area contributed by atoms with Crippen molar-refractivity contribution in [2.75, 3.05) is 6.54 Å². The van der Waals surface area contributed by atoms with Gasteiger partial charge >= 0.3 is 0 Å². The van der Waals surface area contributed by atoms with E-state index in [0.29, 0.717) is 18.7 Å². The lowest BCUT2D eigenvalue weighted by Gasteiger charge is -2.27. The third kappa shape index (κ3) is 4.29. The fourth-order valence-corrected chi connectivity index (χ4v) is 2.82. The molecule has 1 aliphatic rings. The standard InChI is InChI=1S/C16H21FN2O/c17-15-8-13(10-18)7-14(9-15)11-19-12-16(20)5-3-1-2-4-6-16/h7-9,19-20H,1-6,11-12H2. The Morgan fingerprint density at radius 1 is 1.20 bits per heavy atom. The van der Waals surface area contributed by atoms with E-state index in [0.717, 1.165) is 31.2 Å². The highest BCUT2D eigenvalue weighted by Gasteiger charge is 2.27. The summed E-state index contributed by atoms with van der Waals surface area (Å²) in [5.74, 6) is -0.394. The Kier molecular flexibility index (Phi) is 5.11. The van der Waals surface area contributed by atoms with Gasteiger partial charge in [0.1, 0.15) is 5.82 Å². The van der Waals surface area contributed by atoms with E-state index >= 15 is 0 Å². The number of nitrogens with one attached hydrogen (secondary N) is 1. The van der Waals surface area contributed by atoms with Crippen LogP contribution in [0.2, 0.25) is 0 Å². The molecule has 0 aliphatic heterocycles. The predicted octanol–water partition coefficient (Wildman–Crippen LogP) is 2.87. The van der Waals surface area contributed by atoms with Gasteiger partial charge in [0.2, 0.25) is 0 Å². The summed E-state index contributed by atoms with van der Waals surface area (Å²) >= 11 is 0. The summed E-state index contributed by atoms with van der Waals surface area (Å²) in [6, 6.07) is 6.27. The second kappa shape index (κ2) is 6.83. The molecule has 0 unspecified atom stereocenters. The van der Waals surface area contributed by atoms with Crippen molar-refractivity contribution in [1.82, 2.24) is 5.32 Å². The highest BCUT2D eigenvalue weighted by molar-refractivity contribution is 5.33. The Morgan fingerprint density at radius 2 is 1.90 bits per heavy atom. The van der Waals surface area contributed by atoms with E-state index in [4.69, 9.17) is 5.26 Å². The summed E-state index contributed by atoms with van der Waals surface area (Å²) in [6.07, 6.45) is 6.17. The lowest BCUT2D eigenvalue weighted by Crippen LogP contribution is -2.39. The number of benzene rings is 1. The van der Waals surface area contributed by atoms with E-state index in [1.165, 1.54) is 25.0 Å². The smallest absolute Gasteiger partial charge is 0.124 e. The van der Waals surface area contributed by atoms with Gasteiger partial charge in [0.05, 0.1) is 17.2 Å². The van der Waals surface area contributed by atoms with Gasteiger partial charge in [-0.05, 0) is 36.6 Å². The summed E-state index contributed by atoms with van der Waals surface area (Å²) in [6.45, 7) is 0.986. The molecule has 0 spiro atoms. The molecule has 1 aliphatic carbocycles. The Labute approximate surface area is 119 Å². The van der Waals surface area contributed by atoms with Crippen LogP contribution in [0, 0.1) is 17.1 Å². The maximum Gasteiger partial charge on any atom is 0.124 e. The molecule has 0 atom stereocenters. The molecular weight excluding hydrogens is 255 g/mol. The molecule has 1 fully saturated rings. The van der Waals surface area contributed by atoms with Crippen LogP contribution in [0.5, 0.6) is 0 Å². The van der Waals surface area contributed by atoms with Crippen molar-refractivity contribution in [3.63, 3.8) is 0 Å². The fourth-order valence-electron chi connectivity index (χ4n) is 2.82. The summed E-state index contributed by atoms with van der Waals surface area (Å²) in [4.78, 5) is 0. The molecule has 3 nitrogen and oxygen atoms in total. The Hall–Kier alpha value is -1.44. The van der Waals surface area contributed by atoms with Crippen molar-refractivity contribution in [2.24, 2.45) is 0 Å². The summed E-state index contributed by atoms with van der Waals surface area (Å²) < 4.78 is 13.3. The van der Waals surface area contributed by atoms with Gasteiger partial charge < -0.3 is 10.4 Å². The van der Waals surface area contributed by atoms with E-state index in [9.17, 15) is 9.50 Å². The van der Waals surface area contributed by atoms with Gasteiger partial charge in [-0.1, -0.05) is 25.7 Å². The minimum Gasteiger partial charge on any atom is -0.389 e. The molecule has 0 bridgehead atoms. The number of hydrogen-bond donors (Lipinski definition) is 2. The van der Waals surface area contributed by atoms with Crippen LogP contribution in [-0.2, 0) is 6.54 Å². The Bertz CT molecular complexity index is 488. The quantitative estimate of drug-likeness (QED) is 0.831. The van der Waals surface area contributed by atoms with E-state index in [-0.39, 0.29) is 0 Å². The average Bonchev–Trinajstić information content (AvgIpc) is 2.63. The highest BCUT2D eigenvalue weighted by Crippen LogP contribution is 2.26. The van der Waals surface area contributed by atoms with Crippen LogP contribution in [-0.4, -0.2) is 17.3 Å². The molecule has 0 aromatic heterocycles. The molecule has 20 heavy (non-hydrogen) atoms. The second-order valence-corrected chi connectivity index (χ2v) is 5.70. The largest absolute Gasteiger partial charge is 0.389 e. The molecule has 1 saturated carbocycles. The van der Waals surface area contributed by atoms with Gasteiger partial charge in [-0.3, -0.25) is 0 Å². The van der Waals surface area contributed by atoms with Crippen molar-refractivity contribution in [3.05, 3.63) is 35.1 Å². The molecule has 2 rings (SSSR count). The van der Waals surface area contributed by atoms with Crippen LogP contribution in [0.4, 0.5) is 4.39 Å². The zero-order valence-corrected chi connectivity index (χ0v) is 11.7. The van der Waals surface area contributed by atoms with Crippen LogP contribution in [0.1, 0.15) is 49.7 Å². The van der Waals surface area contributed by atoms with Crippen LogP contribution in [0.15, 0.2) is 18.2 Å². The van der Waals surface area contributed by atoms with E-state index in [2.05, 4.69) is 5.32 Å². The molecular formula is C16H21FN2O. The molecule has 2 N–H and O–H groups in total. The number of halogens is 1. The van der Waals surface area contributed by atoms with E-state index < -0.39 is 11.4 Å². The first kappa shape index (κ1) is 15.0. The molecule has 1 aromatic carbocycles. The lowest BCUT2D eigenvalue weighted by molar-refractivity contribution is 0.0250. The van der Waals surface area contributed by atoms with Gasteiger partial charge in [0, 0.05) is 13.1 Å². The van der Waals surface area contributed by atoms with Crippen LogP contribution >= 0.6 is 0 Å². The molecule has 0 saturated heterocycles. The molecule has 0 heterocycles. The van der Waals surface area contributed by atoms with Gasteiger partial charge in [0.25, 0.3) is 0 Å². The normalized spacial score (nSPS) is 18.2. The third-order valence-electron chi connectivity index (χ3n) is 3.90. The van der Waals surface area contributed by atoms with Gasteiger partial charge in [0.15, 0.2) is 0 Å². The number of rotatable bonds is 4. The minimum atomic E-state index is -0.637. The van der Waals surface area contributed by atoms with Crippen molar-refractivity contribution in [1.29, 1.82) is 5.26 Å². The topological polar surface area (TPSA) is 56.0 Å². The summed E-state index contributed by atoms with van der Waals surface area (Å²) in [5.41, 5.74) is 0.427. The zero-order valence-electron chi connectivity index (χ0n) is 11.7. The first-order valence-electron chi connectivity index (χ1n) is 7.24. The van der Waals surface area contributed by atoms with Gasteiger partial charge in [-0.15, -0.1) is 0 Å². The monoisotopic (exact) mass is 276 g/mol. The first-order valence-corrected chi connectivity index (χ1v) is 7.24. The van der Waals surface area contributed by atoms with Crippen molar-refractivity contribution < 1.29 is 9.50 Å². The van der Waals surface area contributed by atoms with Crippen LogP contribution in [0.25, 0.3) is 0 Å². The fraction of sp³-hybridized carbons (Fsp3) is 0.562. The second-order valence-electron chi connectivity index (χ2n) is 5.70. The van der Waals surface area contributed by atoms with Crippen LogP contribution < -0.4 is 5.32 Å². The summed E-state index contributed by atoms with van der Waals surface area (Å²) in [7, 11) is 0. The third-order valence-corrected chi connectivity index (χ3v) is 3.90. The van der Waals surface area contributed by atoms with Crippen LogP contribution in [0.3, 0.4) is 0 Å². The molecule has 1 aromatic rings. The minimum absolute atomic E-state index is 0.329. The SMILES string of the molecule is N#Cc1cc(F)cc(CNCC2(O)CCCCCC2)c1. The van der Waals surface area contributed by atoms with Gasteiger partial charge in [-0.25, -0.2) is 4.39 Å². The first-order chi connectivity index (χ1) is 9.61. The van der Waals surface area contributed by atoms with Gasteiger partial charge in [-0.2, -0.15) is 5.26 Å². The predicted molar refractivity (Wildman–Crippen MR) is 75.5 cm³/mol. The number of aliphatic hydroxyl groups is 1. The Balaban J connectivity index is 1.89.